The van der Waals surface area contributed by atoms with Crippen LogP contribution in [0.4, 0.5) is 0 Å². The van der Waals surface area contributed by atoms with Crippen LogP contribution in [0.3, 0.4) is 0 Å². The van der Waals surface area contributed by atoms with Crippen molar-refractivity contribution in [2.75, 3.05) is 6.54 Å². The summed E-state index contributed by atoms with van der Waals surface area (Å²) in [6.45, 7) is 5.12. The predicted molar refractivity (Wildman–Crippen MR) is 78.7 cm³/mol. The molecule has 4 N–H and O–H groups in total. The fraction of sp³-hybridized carbons (Fsp3) is 0.467. The van der Waals surface area contributed by atoms with Crippen LogP contribution in [0.2, 0.25) is 0 Å². The number of amides is 2. The molecule has 5 heteroatoms. The van der Waals surface area contributed by atoms with E-state index in [1.165, 1.54) is 5.56 Å². The maximum absolute atomic E-state index is 12.2. The van der Waals surface area contributed by atoms with Crippen molar-refractivity contribution in [3.63, 3.8) is 0 Å². The van der Waals surface area contributed by atoms with E-state index in [4.69, 9.17) is 11.5 Å². The molecule has 0 heterocycles. The van der Waals surface area contributed by atoms with Crippen molar-refractivity contribution in [2.24, 2.45) is 11.5 Å². The van der Waals surface area contributed by atoms with E-state index in [0.717, 1.165) is 12.0 Å². The first-order valence-corrected chi connectivity index (χ1v) is 6.82. The maximum Gasteiger partial charge on any atom is 0.240 e. The minimum atomic E-state index is -0.857. The minimum absolute atomic E-state index is 0.118. The fourth-order valence-corrected chi connectivity index (χ4v) is 1.99. The molecule has 1 rings (SSSR count). The molecule has 0 radical (unpaired) electrons. The third kappa shape index (κ3) is 5.01. The van der Waals surface area contributed by atoms with E-state index in [1.807, 2.05) is 38.1 Å². The predicted octanol–water partition coefficient (Wildman–Crippen LogP) is 0.936. The average Bonchev–Trinajstić information content (AvgIpc) is 2.39. The third-order valence-electron chi connectivity index (χ3n) is 3.04. The van der Waals surface area contributed by atoms with Gasteiger partial charge in [-0.3, -0.25) is 9.59 Å². The Hall–Kier alpha value is -1.88. The van der Waals surface area contributed by atoms with Gasteiger partial charge in [0.05, 0.1) is 12.5 Å². The Labute approximate surface area is 119 Å². The van der Waals surface area contributed by atoms with E-state index in [1.54, 1.807) is 4.90 Å². The number of hydrogen-bond acceptors (Lipinski definition) is 3. The molecule has 0 saturated heterocycles. The highest BCUT2D eigenvalue weighted by Gasteiger charge is 2.22. The van der Waals surface area contributed by atoms with Crippen molar-refractivity contribution in [3.05, 3.63) is 35.4 Å². The summed E-state index contributed by atoms with van der Waals surface area (Å²) in [4.78, 5) is 24.8. The molecule has 0 fully saturated rings. The van der Waals surface area contributed by atoms with Gasteiger partial charge in [-0.2, -0.15) is 0 Å². The van der Waals surface area contributed by atoms with Crippen LogP contribution in [-0.2, 0) is 16.1 Å². The lowest BCUT2D eigenvalue weighted by molar-refractivity contribution is -0.135. The van der Waals surface area contributed by atoms with E-state index >= 15 is 0 Å². The van der Waals surface area contributed by atoms with E-state index in [9.17, 15) is 9.59 Å². The van der Waals surface area contributed by atoms with Gasteiger partial charge >= 0.3 is 0 Å². The van der Waals surface area contributed by atoms with Crippen molar-refractivity contribution in [2.45, 2.75) is 39.3 Å². The van der Waals surface area contributed by atoms with Crippen LogP contribution in [0.25, 0.3) is 0 Å². The Bertz CT molecular complexity index is 457. The Balaban J connectivity index is 2.74. The van der Waals surface area contributed by atoms with Crippen LogP contribution in [0, 0.1) is 6.92 Å². The second kappa shape index (κ2) is 7.65. The summed E-state index contributed by atoms with van der Waals surface area (Å²) in [6.07, 6.45) is 0.716. The van der Waals surface area contributed by atoms with E-state index in [-0.39, 0.29) is 12.3 Å². The largest absolute Gasteiger partial charge is 0.370 e. The molecule has 2 amide bonds. The maximum atomic E-state index is 12.2. The number of hydrogen-bond donors (Lipinski definition) is 2. The molecule has 1 unspecified atom stereocenters. The normalized spacial score (nSPS) is 11.9. The zero-order chi connectivity index (χ0) is 15.1. The summed E-state index contributed by atoms with van der Waals surface area (Å²) in [5, 5.41) is 0. The van der Waals surface area contributed by atoms with Gasteiger partial charge in [0.25, 0.3) is 0 Å². The summed E-state index contributed by atoms with van der Waals surface area (Å²) in [7, 11) is 0. The smallest absolute Gasteiger partial charge is 0.240 e. The lowest BCUT2D eigenvalue weighted by atomic mass is 10.1. The molecule has 0 aliphatic heterocycles. The third-order valence-corrected chi connectivity index (χ3v) is 3.04. The second-order valence-corrected chi connectivity index (χ2v) is 5.02. The zero-order valence-corrected chi connectivity index (χ0v) is 12.1. The van der Waals surface area contributed by atoms with Crippen LogP contribution in [0.5, 0.6) is 0 Å². The Morgan fingerprint density at radius 3 is 2.35 bits per heavy atom. The highest BCUT2D eigenvalue weighted by Crippen LogP contribution is 2.09. The molecule has 5 nitrogen and oxygen atoms in total. The number of carbonyl (C=O) groups excluding carboxylic acids is 2. The number of nitrogens with two attached hydrogens (primary N) is 2. The first kappa shape index (κ1) is 16.2. The van der Waals surface area contributed by atoms with Crippen LogP contribution in [0.1, 0.15) is 30.9 Å². The topological polar surface area (TPSA) is 89.4 Å². The van der Waals surface area contributed by atoms with Crippen LogP contribution in [-0.4, -0.2) is 29.3 Å². The van der Waals surface area contributed by atoms with E-state index in [0.29, 0.717) is 13.1 Å². The van der Waals surface area contributed by atoms with E-state index < -0.39 is 11.9 Å². The lowest BCUT2D eigenvalue weighted by Crippen LogP contribution is -2.45. The molecule has 0 bridgehead atoms. The first-order valence-electron chi connectivity index (χ1n) is 6.82. The zero-order valence-electron chi connectivity index (χ0n) is 12.1. The van der Waals surface area contributed by atoms with Gasteiger partial charge in [-0.05, 0) is 18.9 Å². The van der Waals surface area contributed by atoms with Gasteiger partial charge in [-0.1, -0.05) is 36.8 Å². The molecule has 110 valence electrons. The van der Waals surface area contributed by atoms with Gasteiger partial charge < -0.3 is 16.4 Å². The monoisotopic (exact) mass is 277 g/mol. The van der Waals surface area contributed by atoms with Crippen molar-refractivity contribution in [1.82, 2.24) is 4.90 Å². The van der Waals surface area contributed by atoms with Crippen molar-refractivity contribution in [3.8, 4) is 0 Å². The van der Waals surface area contributed by atoms with Gasteiger partial charge in [0.2, 0.25) is 11.8 Å². The summed E-state index contributed by atoms with van der Waals surface area (Å²) in [5.41, 5.74) is 13.0. The number of carbonyl (C=O) groups is 2. The average molecular weight is 277 g/mol. The number of nitrogens with zero attached hydrogens (tertiary/aromatic N) is 1. The van der Waals surface area contributed by atoms with Crippen molar-refractivity contribution >= 4 is 11.8 Å². The first-order chi connectivity index (χ1) is 9.43. The molecule has 0 aliphatic carbocycles. The lowest BCUT2D eigenvalue weighted by Gasteiger charge is -2.25. The summed E-state index contributed by atoms with van der Waals surface area (Å²) in [6, 6.07) is 7.14. The Morgan fingerprint density at radius 2 is 1.85 bits per heavy atom. The Morgan fingerprint density at radius 1 is 1.25 bits per heavy atom. The number of aryl methyl sites for hydroxylation is 1. The van der Waals surface area contributed by atoms with Gasteiger partial charge in [0.1, 0.15) is 0 Å². The summed E-state index contributed by atoms with van der Waals surface area (Å²) >= 11 is 0. The Kier molecular flexibility index (Phi) is 6.18. The van der Waals surface area contributed by atoms with Gasteiger partial charge in [0, 0.05) is 13.1 Å². The van der Waals surface area contributed by atoms with Gasteiger partial charge in [-0.15, -0.1) is 0 Å². The SMILES string of the molecule is CCCN(Cc1ccc(C)cc1)C(=O)C(N)CC(N)=O. The molecule has 1 aromatic rings. The molecule has 1 aromatic carbocycles. The molecule has 0 aromatic heterocycles. The van der Waals surface area contributed by atoms with Crippen LogP contribution < -0.4 is 11.5 Å². The standard InChI is InChI=1S/C15H23N3O2/c1-3-8-18(15(20)13(16)9-14(17)19)10-12-6-4-11(2)5-7-12/h4-7,13H,3,8-10,16H2,1-2H3,(H2,17,19). The van der Waals surface area contributed by atoms with Gasteiger partial charge in [0.15, 0.2) is 0 Å². The highest BCUT2D eigenvalue weighted by molar-refractivity contribution is 5.87. The van der Waals surface area contributed by atoms with Gasteiger partial charge in [-0.25, -0.2) is 0 Å². The molecule has 0 aliphatic rings. The quantitative estimate of drug-likeness (QED) is 0.777. The second-order valence-electron chi connectivity index (χ2n) is 5.02. The van der Waals surface area contributed by atoms with Crippen molar-refractivity contribution < 1.29 is 9.59 Å². The molecular formula is C15H23N3O2. The van der Waals surface area contributed by atoms with E-state index in [2.05, 4.69) is 0 Å². The summed E-state index contributed by atoms with van der Waals surface area (Å²) < 4.78 is 0. The van der Waals surface area contributed by atoms with Crippen LogP contribution in [0.15, 0.2) is 24.3 Å². The molecule has 0 spiro atoms. The number of rotatable bonds is 7. The van der Waals surface area contributed by atoms with Crippen molar-refractivity contribution in [1.29, 1.82) is 0 Å². The molecule has 20 heavy (non-hydrogen) atoms. The number of primary amides is 1. The molecule has 0 saturated carbocycles. The molecular weight excluding hydrogens is 254 g/mol. The fourth-order valence-electron chi connectivity index (χ4n) is 1.99. The highest BCUT2D eigenvalue weighted by atomic mass is 16.2. The van der Waals surface area contributed by atoms with Crippen LogP contribution >= 0.6 is 0 Å². The minimum Gasteiger partial charge on any atom is -0.370 e. The number of benzene rings is 1. The molecule has 1 atom stereocenters. The summed E-state index contributed by atoms with van der Waals surface area (Å²) in [5.74, 6) is -0.788.